The fourth-order valence-electron chi connectivity index (χ4n) is 3.90. The largest absolute Gasteiger partial charge is 0.342 e. The van der Waals surface area contributed by atoms with Crippen molar-refractivity contribution in [3.63, 3.8) is 0 Å². The van der Waals surface area contributed by atoms with Gasteiger partial charge in [0.25, 0.3) is 0 Å². The summed E-state index contributed by atoms with van der Waals surface area (Å²) in [6.45, 7) is 4.05. The Labute approximate surface area is 154 Å². The SMILES string of the molecule is CC1CCN(C(=O)C2CCC(C(=O)Nc3cccc(Cl)c3)CC2)CC1. The van der Waals surface area contributed by atoms with Gasteiger partial charge in [0.05, 0.1) is 0 Å². The summed E-state index contributed by atoms with van der Waals surface area (Å²) in [4.78, 5) is 27.2. The zero-order valence-corrected chi connectivity index (χ0v) is 15.6. The Kier molecular flexibility index (Phi) is 6.00. The van der Waals surface area contributed by atoms with Crippen LogP contribution in [0, 0.1) is 17.8 Å². The summed E-state index contributed by atoms with van der Waals surface area (Å²) in [6.07, 6.45) is 5.43. The summed E-state index contributed by atoms with van der Waals surface area (Å²) >= 11 is 5.96. The Morgan fingerprint density at radius 3 is 2.32 bits per heavy atom. The van der Waals surface area contributed by atoms with Crippen molar-refractivity contribution in [2.24, 2.45) is 17.8 Å². The highest BCUT2D eigenvalue weighted by molar-refractivity contribution is 6.30. The van der Waals surface area contributed by atoms with Crippen molar-refractivity contribution in [3.8, 4) is 0 Å². The monoisotopic (exact) mass is 362 g/mol. The summed E-state index contributed by atoms with van der Waals surface area (Å²) in [5.74, 6) is 1.17. The lowest BCUT2D eigenvalue weighted by Crippen LogP contribution is -2.42. The molecular formula is C20H27ClN2O2. The number of benzene rings is 1. The first kappa shape index (κ1) is 18.2. The Hall–Kier alpha value is -1.55. The van der Waals surface area contributed by atoms with E-state index in [0.29, 0.717) is 10.9 Å². The highest BCUT2D eigenvalue weighted by Gasteiger charge is 2.33. The van der Waals surface area contributed by atoms with Crippen LogP contribution in [0.25, 0.3) is 0 Å². The van der Waals surface area contributed by atoms with Gasteiger partial charge in [0, 0.05) is 35.6 Å². The molecule has 136 valence electrons. The van der Waals surface area contributed by atoms with E-state index in [-0.39, 0.29) is 17.7 Å². The van der Waals surface area contributed by atoms with Gasteiger partial charge >= 0.3 is 0 Å². The molecule has 0 atom stereocenters. The van der Waals surface area contributed by atoms with Crippen molar-refractivity contribution < 1.29 is 9.59 Å². The van der Waals surface area contributed by atoms with Crippen molar-refractivity contribution in [2.75, 3.05) is 18.4 Å². The second-order valence-electron chi connectivity index (χ2n) is 7.56. The molecule has 0 aromatic heterocycles. The minimum atomic E-state index is -0.00981. The van der Waals surface area contributed by atoms with E-state index >= 15 is 0 Å². The van der Waals surface area contributed by atoms with Crippen LogP contribution < -0.4 is 5.32 Å². The Bertz CT molecular complexity index is 618. The summed E-state index contributed by atoms with van der Waals surface area (Å²) < 4.78 is 0. The minimum Gasteiger partial charge on any atom is -0.342 e. The number of nitrogens with one attached hydrogen (secondary N) is 1. The molecule has 3 rings (SSSR count). The van der Waals surface area contributed by atoms with E-state index < -0.39 is 0 Å². The second kappa shape index (κ2) is 8.22. The van der Waals surface area contributed by atoms with Crippen molar-refractivity contribution in [2.45, 2.75) is 45.4 Å². The molecule has 1 heterocycles. The molecule has 25 heavy (non-hydrogen) atoms. The van der Waals surface area contributed by atoms with E-state index in [4.69, 9.17) is 11.6 Å². The third-order valence-corrected chi connectivity index (χ3v) is 5.87. The number of nitrogens with zero attached hydrogens (tertiary/aromatic N) is 1. The lowest BCUT2D eigenvalue weighted by molar-refractivity contribution is -0.139. The molecule has 1 saturated carbocycles. The van der Waals surface area contributed by atoms with Gasteiger partial charge in [-0.15, -0.1) is 0 Å². The first-order chi connectivity index (χ1) is 12.0. The van der Waals surface area contributed by atoms with Gasteiger partial charge in [0.15, 0.2) is 0 Å². The highest BCUT2D eigenvalue weighted by atomic mass is 35.5. The topological polar surface area (TPSA) is 49.4 Å². The Morgan fingerprint density at radius 2 is 1.68 bits per heavy atom. The second-order valence-corrected chi connectivity index (χ2v) is 7.99. The molecule has 1 aliphatic carbocycles. The molecule has 2 amide bonds. The molecule has 1 aromatic carbocycles. The van der Waals surface area contributed by atoms with Crippen LogP contribution in [0.2, 0.25) is 5.02 Å². The molecule has 1 N–H and O–H groups in total. The van der Waals surface area contributed by atoms with E-state index in [2.05, 4.69) is 12.2 Å². The maximum absolute atomic E-state index is 12.7. The molecule has 1 aromatic rings. The lowest BCUT2D eigenvalue weighted by Gasteiger charge is -2.35. The van der Waals surface area contributed by atoms with Gasteiger partial charge in [0.1, 0.15) is 0 Å². The first-order valence-corrected chi connectivity index (χ1v) is 9.76. The quantitative estimate of drug-likeness (QED) is 0.869. The molecule has 0 radical (unpaired) electrons. The molecule has 0 bridgehead atoms. The van der Waals surface area contributed by atoms with E-state index in [1.54, 1.807) is 12.1 Å². The molecule has 5 heteroatoms. The number of anilines is 1. The fourth-order valence-corrected chi connectivity index (χ4v) is 4.09. The molecular weight excluding hydrogens is 336 g/mol. The number of amides is 2. The van der Waals surface area contributed by atoms with Crippen molar-refractivity contribution in [1.29, 1.82) is 0 Å². The predicted molar refractivity (Wildman–Crippen MR) is 101 cm³/mol. The molecule has 1 saturated heterocycles. The van der Waals surface area contributed by atoms with Crippen LogP contribution in [0.4, 0.5) is 5.69 Å². The van der Waals surface area contributed by atoms with Gasteiger partial charge in [-0.25, -0.2) is 0 Å². The van der Waals surface area contributed by atoms with Crippen LogP contribution in [0.1, 0.15) is 45.4 Å². The zero-order valence-electron chi connectivity index (χ0n) is 14.8. The number of likely N-dealkylation sites (tertiary alicyclic amines) is 1. The first-order valence-electron chi connectivity index (χ1n) is 9.38. The Morgan fingerprint density at radius 1 is 1.04 bits per heavy atom. The van der Waals surface area contributed by atoms with Crippen molar-refractivity contribution in [3.05, 3.63) is 29.3 Å². The Balaban J connectivity index is 1.48. The van der Waals surface area contributed by atoms with Crippen LogP contribution in [-0.2, 0) is 9.59 Å². The normalized spacial score (nSPS) is 24.8. The summed E-state index contributed by atoms with van der Waals surface area (Å²) in [7, 11) is 0. The van der Waals surface area contributed by atoms with Crippen LogP contribution in [0.5, 0.6) is 0 Å². The van der Waals surface area contributed by atoms with Gasteiger partial charge in [-0.1, -0.05) is 24.6 Å². The minimum absolute atomic E-state index is 0.00981. The van der Waals surface area contributed by atoms with Gasteiger partial charge < -0.3 is 10.2 Å². The maximum atomic E-state index is 12.7. The number of piperidine rings is 1. The van der Waals surface area contributed by atoms with Gasteiger partial charge in [-0.05, 0) is 62.6 Å². The molecule has 2 aliphatic rings. The van der Waals surface area contributed by atoms with Crippen LogP contribution >= 0.6 is 11.6 Å². The maximum Gasteiger partial charge on any atom is 0.227 e. The third-order valence-electron chi connectivity index (χ3n) is 5.63. The highest BCUT2D eigenvalue weighted by Crippen LogP contribution is 2.32. The lowest BCUT2D eigenvalue weighted by atomic mass is 9.80. The fraction of sp³-hybridized carbons (Fsp3) is 0.600. The summed E-state index contributed by atoms with van der Waals surface area (Å²) in [6, 6.07) is 7.21. The number of carbonyl (C=O) groups excluding carboxylic acids is 2. The number of carbonyl (C=O) groups is 2. The molecule has 4 nitrogen and oxygen atoms in total. The molecule has 0 spiro atoms. The summed E-state index contributed by atoms with van der Waals surface area (Å²) in [5, 5.41) is 3.56. The van der Waals surface area contributed by atoms with Crippen molar-refractivity contribution in [1.82, 2.24) is 4.90 Å². The standard InChI is InChI=1S/C20H27ClN2O2/c1-14-9-11-23(12-10-14)20(25)16-7-5-15(6-8-16)19(24)22-18-4-2-3-17(21)13-18/h2-4,13-16H,5-12H2,1H3,(H,22,24). The number of rotatable bonds is 3. The van der Waals surface area contributed by atoms with Crippen LogP contribution in [0.3, 0.4) is 0 Å². The van der Waals surface area contributed by atoms with Gasteiger partial charge in [-0.2, -0.15) is 0 Å². The average Bonchev–Trinajstić information content (AvgIpc) is 2.62. The predicted octanol–water partition coefficient (Wildman–Crippen LogP) is 4.34. The molecule has 0 unspecified atom stereocenters. The van der Waals surface area contributed by atoms with E-state index in [1.165, 1.54) is 0 Å². The molecule has 1 aliphatic heterocycles. The zero-order chi connectivity index (χ0) is 17.8. The number of hydrogen-bond donors (Lipinski definition) is 1. The van der Waals surface area contributed by atoms with Gasteiger partial charge in [0.2, 0.25) is 11.8 Å². The number of hydrogen-bond acceptors (Lipinski definition) is 2. The molecule has 2 fully saturated rings. The van der Waals surface area contributed by atoms with E-state index in [9.17, 15) is 9.59 Å². The van der Waals surface area contributed by atoms with Gasteiger partial charge in [-0.3, -0.25) is 9.59 Å². The van der Waals surface area contributed by atoms with Crippen molar-refractivity contribution >= 4 is 29.1 Å². The number of halogens is 1. The van der Waals surface area contributed by atoms with Crippen LogP contribution in [0.15, 0.2) is 24.3 Å². The smallest absolute Gasteiger partial charge is 0.227 e. The van der Waals surface area contributed by atoms with Crippen LogP contribution in [-0.4, -0.2) is 29.8 Å². The summed E-state index contributed by atoms with van der Waals surface area (Å²) in [5.41, 5.74) is 0.734. The average molecular weight is 363 g/mol. The van der Waals surface area contributed by atoms with E-state index in [0.717, 1.165) is 63.2 Å². The third kappa shape index (κ3) is 4.75. The van der Waals surface area contributed by atoms with E-state index in [1.807, 2.05) is 17.0 Å².